The van der Waals surface area contributed by atoms with Gasteiger partial charge in [0.05, 0.1) is 17.5 Å². The molecule has 1 atom stereocenters. The molecule has 0 saturated carbocycles. The van der Waals surface area contributed by atoms with Crippen LogP contribution < -0.4 is 16.4 Å². The van der Waals surface area contributed by atoms with E-state index in [-0.39, 0.29) is 11.8 Å². The van der Waals surface area contributed by atoms with Crippen LogP contribution in [0.15, 0.2) is 18.2 Å². The molecule has 5 nitrogen and oxygen atoms in total. The van der Waals surface area contributed by atoms with Crippen LogP contribution in [-0.4, -0.2) is 30.2 Å². The van der Waals surface area contributed by atoms with Crippen molar-refractivity contribution < 1.29 is 9.90 Å². The number of nitrogen functional groups attached to an aromatic ring is 1. The second-order valence-electron chi connectivity index (χ2n) is 5.19. The number of aliphatic hydroxyl groups excluding tert-OH is 1. The van der Waals surface area contributed by atoms with E-state index < -0.39 is 6.10 Å². The fraction of sp³-hybridized carbons (Fsp3) is 0.562. The van der Waals surface area contributed by atoms with Gasteiger partial charge in [0.2, 0.25) is 0 Å². The van der Waals surface area contributed by atoms with Crippen LogP contribution >= 0.6 is 0 Å². The number of amides is 1. The minimum Gasteiger partial charge on any atom is -0.397 e. The summed E-state index contributed by atoms with van der Waals surface area (Å²) in [6, 6.07) is 5.16. The summed E-state index contributed by atoms with van der Waals surface area (Å²) < 4.78 is 0. The molecule has 0 heterocycles. The van der Waals surface area contributed by atoms with Gasteiger partial charge in [0, 0.05) is 18.7 Å². The molecule has 5 heteroatoms. The highest BCUT2D eigenvalue weighted by Crippen LogP contribution is 2.21. The van der Waals surface area contributed by atoms with Gasteiger partial charge >= 0.3 is 0 Å². The number of benzene rings is 1. The van der Waals surface area contributed by atoms with E-state index >= 15 is 0 Å². The molecule has 1 aromatic carbocycles. The van der Waals surface area contributed by atoms with Crippen LogP contribution in [0.5, 0.6) is 0 Å². The van der Waals surface area contributed by atoms with Crippen molar-refractivity contribution >= 4 is 17.3 Å². The van der Waals surface area contributed by atoms with Crippen LogP contribution in [-0.2, 0) is 0 Å². The van der Waals surface area contributed by atoms with Gasteiger partial charge in [-0.25, -0.2) is 0 Å². The summed E-state index contributed by atoms with van der Waals surface area (Å²) in [4.78, 5) is 11.7. The maximum Gasteiger partial charge on any atom is 0.251 e. The van der Waals surface area contributed by atoms with E-state index in [2.05, 4.69) is 24.5 Å². The molecule has 1 unspecified atom stereocenters. The SMILES string of the molecule is CCNC(=O)c1ccc(NCC(O)C(CC)CC)c(N)c1. The number of hydrogen-bond acceptors (Lipinski definition) is 4. The Balaban J connectivity index is 2.67. The van der Waals surface area contributed by atoms with Crippen molar-refractivity contribution in [1.29, 1.82) is 0 Å². The van der Waals surface area contributed by atoms with E-state index in [1.807, 2.05) is 6.92 Å². The Labute approximate surface area is 126 Å². The zero-order valence-corrected chi connectivity index (χ0v) is 13.1. The van der Waals surface area contributed by atoms with E-state index in [0.717, 1.165) is 18.5 Å². The first-order valence-corrected chi connectivity index (χ1v) is 7.63. The largest absolute Gasteiger partial charge is 0.397 e. The molecule has 0 aromatic heterocycles. The third kappa shape index (κ3) is 4.93. The van der Waals surface area contributed by atoms with E-state index in [9.17, 15) is 9.90 Å². The number of nitrogens with one attached hydrogen (secondary N) is 2. The van der Waals surface area contributed by atoms with Crippen LogP contribution in [0.4, 0.5) is 11.4 Å². The predicted molar refractivity (Wildman–Crippen MR) is 87.4 cm³/mol. The first-order chi connectivity index (χ1) is 10.0. The lowest BCUT2D eigenvalue weighted by Gasteiger charge is -2.21. The molecule has 0 spiro atoms. The molecule has 5 N–H and O–H groups in total. The zero-order chi connectivity index (χ0) is 15.8. The summed E-state index contributed by atoms with van der Waals surface area (Å²) in [7, 11) is 0. The molecular weight excluding hydrogens is 266 g/mol. The molecule has 0 aliphatic heterocycles. The van der Waals surface area contributed by atoms with E-state index in [0.29, 0.717) is 24.3 Å². The highest BCUT2D eigenvalue weighted by atomic mass is 16.3. The summed E-state index contributed by atoms with van der Waals surface area (Å²) >= 11 is 0. The standard InChI is InChI=1S/C16H27N3O2/c1-4-11(5-2)15(20)10-19-14-8-7-12(9-13(14)17)16(21)18-6-3/h7-9,11,15,19-20H,4-6,10,17H2,1-3H3,(H,18,21). The average molecular weight is 293 g/mol. The van der Waals surface area contributed by atoms with Gasteiger partial charge in [-0.15, -0.1) is 0 Å². The molecule has 1 rings (SSSR count). The van der Waals surface area contributed by atoms with Crippen LogP contribution in [0, 0.1) is 5.92 Å². The van der Waals surface area contributed by atoms with Crippen LogP contribution in [0.25, 0.3) is 0 Å². The minimum absolute atomic E-state index is 0.132. The lowest BCUT2D eigenvalue weighted by atomic mass is 9.96. The Bertz CT molecular complexity index is 459. The molecular formula is C16H27N3O2. The number of nitrogens with two attached hydrogens (primary N) is 1. The summed E-state index contributed by atoms with van der Waals surface area (Å²) in [5.74, 6) is 0.154. The summed E-state index contributed by atoms with van der Waals surface area (Å²) in [6.45, 7) is 7.06. The molecule has 1 aromatic rings. The number of anilines is 2. The van der Waals surface area contributed by atoms with E-state index in [1.54, 1.807) is 18.2 Å². The van der Waals surface area contributed by atoms with Crippen LogP contribution in [0.2, 0.25) is 0 Å². The Kier molecular flexibility index (Phi) is 7.02. The van der Waals surface area contributed by atoms with Crippen molar-refractivity contribution in [1.82, 2.24) is 5.32 Å². The number of carbonyl (C=O) groups is 1. The predicted octanol–water partition coefficient (Wildman–Crippen LogP) is 2.23. The molecule has 0 aliphatic rings. The number of carbonyl (C=O) groups excluding carboxylic acids is 1. The second kappa shape index (κ2) is 8.52. The van der Waals surface area contributed by atoms with Crippen molar-refractivity contribution in [2.24, 2.45) is 5.92 Å². The molecule has 0 radical (unpaired) electrons. The first-order valence-electron chi connectivity index (χ1n) is 7.63. The Morgan fingerprint density at radius 2 is 1.95 bits per heavy atom. The molecule has 1 amide bonds. The fourth-order valence-corrected chi connectivity index (χ4v) is 2.34. The van der Waals surface area contributed by atoms with Crippen molar-refractivity contribution in [3.8, 4) is 0 Å². The topological polar surface area (TPSA) is 87.4 Å². The van der Waals surface area contributed by atoms with E-state index in [1.165, 1.54) is 0 Å². The Morgan fingerprint density at radius 3 is 2.48 bits per heavy atom. The van der Waals surface area contributed by atoms with Gasteiger partial charge in [0.15, 0.2) is 0 Å². The Morgan fingerprint density at radius 1 is 1.29 bits per heavy atom. The molecule has 0 aliphatic carbocycles. The van der Waals surface area contributed by atoms with Gasteiger partial charge < -0.3 is 21.5 Å². The highest BCUT2D eigenvalue weighted by molar-refractivity contribution is 5.96. The lowest BCUT2D eigenvalue weighted by Crippen LogP contribution is -2.28. The third-order valence-corrected chi connectivity index (χ3v) is 3.75. The van der Waals surface area contributed by atoms with Crippen LogP contribution in [0.1, 0.15) is 44.0 Å². The van der Waals surface area contributed by atoms with Crippen LogP contribution in [0.3, 0.4) is 0 Å². The normalized spacial score (nSPS) is 12.2. The second-order valence-corrected chi connectivity index (χ2v) is 5.19. The maximum atomic E-state index is 11.7. The van der Waals surface area contributed by atoms with E-state index in [4.69, 9.17) is 5.73 Å². The number of hydrogen-bond donors (Lipinski definition) is 4. The molecule has 0 saturated heterocycles. The van der Waals surface area contributed by atoms with Crippen molar-refractivity contribution in [3.63, 3.8) is 0 Å². The van der Waals surface area contributed by atoms with Gasteiger partial charge in [0.25, 0.3) is 5.91 Å². The smallest absolute Gasteiger partial charge is 0.251 e. The summed E-state index contributed by atoms with van der Waals surface area (Å²) in [5.41, 5.74) is 7.75. The lowest BCUT2D eigenvalue weighted by molar-refractivity contribution is 0.0955. The van der Waals surface area contributed by atoms with Gasteiger partial charge in [-0.05, 0) is 31.0 Å². The average Bonchev–Trinajstić information content (AvgIpc) is 2.47. The fourth-order valence-electron chi connectivity index (χ4n) is 2.34. The number of aliphatic hydroxyl groups is 1. The van der Waals surface area contributed by atoms with Crippen molar-refractivity contribution in [2.45, 2.75) is 39.7 Å². The Hall–Kier alpha value is -1.75. The van der Waals surface area contributed by atoms with Gasteiger partial charge in [-0.3, -0.25) is 4.79 Å². The summed E-state index contributed by atoms with van der Waals surface area (Å²) in [6.07, 6.45) is 1.50. The summed E-state index contributed by atoms with van der Waals surface area (Å²) in [5, 5.41) is 16.0. The minimum atomic E-state index is -0.400. The molecule has 118 valence electrons. The first kappa shape index (κ1) is 17.3. The van der Waals surface area contributed by atoms with Gasteiger partial charge in [-0.1, -0.05) is 26.7 Å². The molecule has 21 heavy (non-hydrogen) atoms. The third-order valence-electron chi connectivity index (χ3n) is 3.75. The molecule has 0 bridgehead atoms. The zero-order valence-electron chi connectivity index (χ0n) is 13.1. The van der Waals surface area contributed by atoms with Crippen molar-refractivity contribution in [2.75, 3.05) is 24.1 Å². The monoisotopic (exact) mass is 293 g/mol. The molecule has 0 fully saturated rings. The highest BCUT2D eigenvalue weighted by Gasteiger charge is 2.15. The van der Waals surface area contributed by atoms with Crippen molar-refractivity contribution in [3.05, 3.63) is 23.8 Å². The quantitative estimate of drug-likeness (QED) is 0.554. The van der Waals surface area contributed by atoms with Gasteiger partial charge in [0.1, 0.15) is 0 Å². The number of rotatable bonds is 8. The van der Waals surface area contributed by atoms with Gasteiger partial charge in [-0.2, -0.15) is 0 Å². The maximum absolute atomic E-state index is 11.7.